The maximum absolute atomic E-state index is 13.1. The Hall–Kier alpha value is -2.89. The number of benzene rings is 2. The average Bonchev–Trinajstić information content (AvgIpc) is 2.56. The zero-order valence-electron chi connectivity index (χ0n) is 13.6. The van der Waals surface area contributed by atoms with E-state index in [4.69, 9.17) is 0 Å². The Morgan fingerprint density at radius 1 is 1.17 bits per heavy atom. The summed E-state index contributed by atoms with van der Waals surface area (Å²) >= 11 is 0. The third-order valence-electron chi connectivity index (χ3n) is 3.50. The van der Waals surface area contributed by atoms with Crippen LogP contribution in [-0.4, -0.2) is 25.7 Å². The highest BCUT2D eigenvalue weighted by molar-refractivity contribution is 5.94. The third-order valence-corrected chi connectivity index (χ3v) is 3.50. The molecule has 0 atom stereocenters. The van der Waals surface area contributed by atoms with Crippen LogP contribution in [0.5, 0.6) is 0 Å². The van der Waals surface area contributed by atoms with E-state index < -0.39 is 12.0 Å². The summed E-state index contributed by atoms with van der Waals surface area (Å²) in [4.78, 5) is 23.5. The molecule has 2 aromatic carbocycles. The van der Waals surface area contributed by atoms with Crippen molar-refractivity contribution in [1.82, 2.24) is 5.32 Å². The normalized spacial score (nSPS) is 10.1. The highest BCUT2D eigenvalue weighted by Gasteiger charge is 2.10. The van der Waals surface area contributed by atoms with Crippen molar-refractivity contribution in [2.24, 2.45) is 0 Å². The number of hydrogen-bond donors (Lipinski definition) is 2. The van der Waals surface area contributed by atoms with Crippen LogP contribution >= 0.6 is 0 Å². The molecule has 5 nitrogen and oxygen atoms in total. The third kappa shape index (κ3) is 4.81. The van der Waals surface area contributed by atoms with Crippen LogP contribution < -0.4 is 10.6 Å². The van der Waals surface area contributed by atoms with Crippen molar-refractivity contribution in [3.63, 3.8) is 0 Å². The van der Waals surface area contributed by atoms with Gasteiger partial charge in [-0.2, -0.15) is 0 Å². The molecule has 24 heavy (non-hydrogen) atoms. The number of halogens is 1. The van der Waals surface area contributed by atoms with Gasteiger partial charge in [0.15, 0.2) is 0 Å². The lowest BCUT2D eigenvalue weighted by atomic mass is 10.1. The number of urea groups is 1. The Morgan fingerprint density at radius 2 is 1.96 bits per heavy atom. The SMILES string of the molecule is COC(=O)c1ccc(C)c(NC(=O)NCCc2cccc(F)c2)c1. The Bertz CT molecular complexity index is 747. The van der Waals surface area contributed by atoms with E-state index in [1.165, 1.54) is 19.2 Å². The maximum atomic E-state index is 13.1. The predicted molar refractivity (Wildman–Crippen MR) is 89.6 cm³/mol. The van der Waals surface area contributed by atoms with Crippen molar-refractivity contribution in [2.45, 2.75) is 13.3 Å². The van der Waals surface area contributed by atoms with Crippen LogP contribution in [-0.2, 0) is 11.2 Å². The van der Waals surface area contributed by atoms with Crippen molar-refractivity contribution < 1.29 is 18.7 Å². The minimum Gasteiger partial charge on any atom is -0.465 e. The van der Waals surface area contributed by atoms with Gasteiger partial charge in [0.2, 0.25) is 0 Å². The number of anilines is 1. The van der Waals surface area contributed by atoms with Crippen LogP contribution in [0.1, 0.15) is 21.5 Å². The van der Waals surface area contributed by atoms with Crippen molar-refractivity contribution in [3.05, 3.63) is 65.0 Å². The number of ether oxygens (including phenoxy) is 1. The van der Waals surface area contributed by atoms with Crippen LogP contribution in [0.2, 0.25) is 0 Å². The van der Waals surface area contributed by atoms with Crippen molar-refractivity contribution in [1.29, 1.82) is 0 Å². The summed E-state index contributed by atoms with van der Waals surface area (Å²) in [6.45, 7) is 2.19. The van der Waals surface area contributed by atoms with Gasteiger partial charge < -0.3 is 15.4 Å². The molecule has 0 fully saturated rings. The average molecular weight is 330 g/mol. The lowest BCUT2D eigenvalue weighted by Gasteiger charge is -2.11. The Morgan fingerprint density at radius 3 is 2.67 bits per heavy atom. The summed E-state index contributed by atoms with van der Waals surface area (Å²) in [5, 5.41) is 5.40. The van der Waals surface area contributed by atoms with Gasteiger partial charge in [-0.3, -0.25) is 0 Å². The number of aryl methyl sites for hydroxylation is 1. The van der Waals surface area contributed by atoms with Crippen LogP contribution in [0.4, 0.5) is 14.9 Å². The van der Waals surface area contributed by atoms with E-state index in [1.807, 2.05) is 6.92 Å². The van der Waals surface area contributed by atoms with Gasteiger partial charge in [0.25, 0.3) is 0 Å². The molecule has 0 spiro atoms. The molecule has 2 amide bonds. The summed E-state index contributed by atoms with van der Waals surface area (Å²) in [6.07, 6.45) is 0.520. The van der Waals surface area contributed by atoms with Crippen LogP contribution in [0.15, 0.2) is 42.5 Å². The number of amides is 2. The van der Waals surface area contributed by atoms with Gasteiger partial charge in [-0.1, -0.05) is 18.2 Å². The van der Waals surface area contributed by atoms with Crippen LogP contribution in [0.3, 0.4) is 0 Å². The first-order valence-corrected chi connectivity index (χ1v) is 7.48. The molecule has 0 aliphatic carbocycles. The molecule has 0 saturated carbocycles. The fourth-order valence-corrected chi connectivity index (χ4v) is 2.18. The Kier molecular flexibility index (Phi) is 5.89. The molecule has 0 radical (unpaired) electrons. The minimum atomic E-state index is -0.468. The molecule has 2 N–H and O–H groups in total. The fourth-order valence-electron chi connectivity index (χ4n) is 2.18. The van der Waals surface area contributed by atoms with Gasteiger partial charge in [0, 0.05) is 12.2 Å². The van der Waals surface area contributed by atoms with E-state index in [-0.39, 0.29) is 5.82 Å². The Balaban J connectivity index is 1.91. The van der Waals surface area contributed by atoms with Crippen LogP contribution in [0.25, 0.3) is 0 Å². The molecule has 2 rings (SSSR count). The highest BCUT2D eigenvalue weighted by Crippen LogP contribution is 2.17. The number of nitrogens with one attached hydrogen (secondary N) is 2. The van der Waals surface area contributed by atoms with E-state index >= 15 is 0 Å². The molecule has 2 aromatic rings. The van der Waals surface area contributed by atoms with Crippen molar-refractivity contribution >= 4 is 17.7 Å². The summed E-state index contributed by atoms with van der Waals surface area (Å²) in [5.41, 5.74) is 2.52. The van der Waals surface area contributed by atoms with E-state index in [0.29, 0.717) is 24.2 Å². The number of esters is 1. The van der Waals surface area contributed by atoms with Crippen LogP contribution in [0, 0.1) is 12.7 Å². The summed E-state index contributed by atoms with van der Waals surface area (Å²) in [7, 11) is 1.30. The molecule has 0 aliphatic heterocycles. The number of hydrogen-bond acceptors (Lipinski definition) is 3. The monoisotopic (exact) mass is 330 g/mol. The molecular formula is C18H19FN2O3. The minimum absolute atomic E-state index is 0.299. The number of rotatable bonds is 5. The smallest absolute Gasteiger partial charge is 0.337 e. The molecule has 0 saturated heterocycles. The second-order valence-electron chi connectivity index (χ2n) is 5.28. The first kappa shape index (κ1) is 17.5. The molecule has 0 bridgehead atoms. The molecular weight excluding hydrogens is 311 g/mol. The molecule has 126 valence electrons. The first-order valence-electron chi connectivity index (χ1n) is 7.48. The fraction of sp³-hybridized carbons (Fsp3) is 0.222. The van der Waals surface area contributed by atoms with E-state index in [2.05, 4.69) is 15.4 Å². The van der Waals surface area contributed by atoms with Crippen molar-refractivity contribution in [3.8, 4) is 0 Å². The molecule has 0 unspecified atom stereocenters. The topological polar surface area (TPSA) is 67.4 Å². The summed E-state index contributed by atoms with van der Waals surface area (Å²) < 4.78 is 17.7. The second-order valence-corrected chi connectivity index (χ2v) is 5.28. The molecule has 0 aromatic heterocycles. The largest absolute Gasteiger partial charge is 0.465 e. The number of methoxy groups -OCH3 is 1. The highest BCUT2D eigenvalue weighted by atomic mass is 19.1. The van der Waals surface area contributed by atoms with Gasteiger partial charge in [-0.05, 0) is 48.7 Å². The second kappa shape index (κ2) is 8.10. The number of carbonyl (C=O) groups excluding carboxylic acids is 2. The zero-order chi connectivity index (χ0) is 17.5. The predicted octanol–water partition coefficient (Wildman–Crippen LogP) is 3.28. The maximum Gasteiger partial charge on any atom is 0.337 e. The first-order chi connectivity index (χ1) is 11.5. The Labute approximate surface area is 139 Å². The molecule has 0 aliphatic rings. The van der Waals surface area contributed by atoms with E-state index in [0.717, 1.165) is 11.1 Å². The van der Waals surface area contributed by atoms with E-state index in [9.17, 15) is 14.0 Å². The number of carbonyl (C=O) groups is 2. The van der Waals surface area contributed by atoms with Gasteiger partial charge in [-0.25, -0.2) is 14.0 Å². The molecule has 6 heteroatoms. The van der Waals surface area contributed by atoms with E-state index in [1.54, 1.807) is 30.3 Å². The molecule has 0 heterocycles. The van der Waals surface area contributed by atoms with Crippen molar-refractivity contribution in [2.75, 3.05) is 19.0 Å². The van der Waals surface area contributed by atoms with Gasteiger partial charge in [0.1, 0.15) is 5.82 Å². The lowest BCUT2D eigenvalue weighted by Crippen LogP contribution is -2.30. The van der Waals surface area contributed by atoms with Gasteiger partial charge in [-0.15, -0.1) is 0 Å². The summed E-state index contributed by atoms with van der Waals surface area (Å²) in [5.74, 6) is -0.767. The lowest BCUT2D eigenvalue weighted by molar-refractivity contribution is 0.0600. The quantitative estimate of drug-likeness (QED) is 0.827. The summed E-state index contributed by atoms with van der Waals surface area (Å²) in [6, 6.07) is 10.8. The zero-order valence-corrected chi connectivity index (χ0v) is 13.6. The van der Waals surface area contributed by atoms with Gasteiger partial charge >= 0.3 is 12.0 Å². The van der Waals surface area contributed by atoms with Gasteiger partial charge in [0.05, 0.1) is 12.7 Å². The standard InChI is InChI=1S/C18H19FN2O3/c1-12-6-7-14(17(22)24-2)11-16(12)21-18(23)20-9-8-13-4-3-5-15(19)10-13/h3-7,10-11H,8-9H2,1-2H3,(H2,20,21,23).